The van der Waals surface area contributed by atoms with E-state index in [9.17, 15) is 4.79 Å². The first-order valence-corrected chi connectivity index (χ1v) is 7.52. The van der Waals surface area contributed by atoms with E-state index >= 15 is 0 Å². The number of amides is 1. The van der Waals surface area contributed by atoms with Gasteiger partial charge in [-0.15, -0.1) is 0 Å². The second kappa shape index (κ2) is 7.10. The van der Waals surface area contributed by atoms with Gasteiger partial charge in [-0.3, -0.25) is 4.79 Å². The number of halogens is 1. The molecule has 0 aliphatic heterocycles. The average Bonchev–Trinajstić information content (AvgIpc) is 2.51. The van der Waals surface area contributed by atoms with E-state index < -0.39 is 6.10 Å². The van der Waals surface area contributed by atoms with Crippen molar-refractivity contribution in [1.29, 1.82) is 5.26 Å². The molecule has 0 aliphatic carbocycles. The van der Waals surface area contributed by atoms with Gasteiger partial charge >= 0.3 is 0 Å². The van der Waals surface area contributed by atoms with Crippen LogP contribution in [-0.2, 0) is 4.79 Å². The first-order valence-electron chi connectivity index (χ1n) is 6.73. The average molecular weight is 359 g/mol. The molecule has 0 fully saturated rings. The smallest absolute Gasteiger partial charge is 0.265 e. The molecule has 2 aromatic rings. The van der Waals surface area contributed by atoms with Crippen molar-refractivity contribution >= 4 is 27.5 Å². The van der Waals surface area contributed by atoms with Crippen LogP contribution in [0.15, 0.2) is 46.9 Å². The third-order valence-corrected chi connectivity index (χ3v) is 3.94. The van der Waals surface area contributed by atoms with Gasteiger partial charge in [0.15, 0.2) is 6.10 Å². The van der Waals surface area contributed by atoms with Crippen LogP contribution in [0.25, 0.3) is 0 Å². The number of rotatable bonds is 4. The van der Waals surface area contributed by atoms with Gasteiger partial charge in [0.1, 0.15) is 5.75 Å². The molecular formula is C17H15BrN2O2. The highest BCUT2D eigenvalue weighted by atomic mass is 79.9. The van der Waals surface area contributed by atoms with E-state index in [1.165, 1.54) is 0 Å². The maximum absolute atomic E-state index is 12.2. The molecule has 2 rings (SSSR count). The van der Waals surface area contributed by atoms with Crippen LogP contribution in [0.4, 0.5) is 5.69 Å². The summed E-state index contributed by atoms with van der Waals surface area (Å²) in [5, 5.41) is 11.7. The second-order valence-electron chi connectivity index (χ2n) is 4.85. The molecule has 1 unspecified atom stereocenters. The Kier molecular flexibility index (Phi) is 5.18. The molecular weight excluding hydrogens is 344 g/mol. The molecule has 2 aromatic carbocycles. The minimum atomic E-state index is -0.672. The molecule has 0 heterocycles. The number of hydrogen-bond donors (Lipinski definition) is 1. The predicted octanol–water partition coefficient (Wildman–Crippen LogP) is 4.04. The molecule has 5 heteroatoms. The number of nitrogens with zero attached hydrogens (tertiary/aromatic N) is 1. The number of nitriles is 1. The number of ether oxygens (including phenoxy) is 1. The van der Waals surface area contributed by atoms with E-state index in [1.54, 1.807) is 31.2 Å². The summed E-state index contributed by atoms with van der Waals surface area (Å²) in [5.41, 5.74) is 2.28. The summed E-state index contributed by atoms with van der Waals surface area (Å²) in [5.74, 6) is 0.241. The normalized spacial score (nSPS) is 11.4. The van der Waals surface area contributed by atoms with E-state index in [4.69, 9.17) is 10.00 Å². The van der Waals surface area contributed by atoms with E-state index in [2.05, 4.69) is 21.2 Å². The minimum absolute atomic E-state index is 0.252. The summed E-state index contributed by atoms with van der Waals surface area (Å²) < 4.78 is 6.50. The number of carbonyl (C=O) groups excluding carboxylic acids is 1. The Morgan fingerprint density at radius 2 is 2.09 bits per heavy atom. The summed E-state index contributed by atoms with van der Waals surface area (Å²) in [6.45, 7) is 3.64. The monoisotopic (exact) mass is 358 g/mol. The fourth-order valence-corrected chi connectivity index (χ4v) is 2.19. The summed E-state index contributed by atoms with van der Waals surface area (Å²) in [4.78, 5) is 12.2. The zero-order valence-electron chi connectivity index (χ0n) is 12.3. The molecule has 0 aromatic heterocycles. The van der Waals surface area contributed by atoms with Gasteiger partial charge in [0.05, 0.1) is 11.6 Å². The van der Waals surface area contributed by atoms with Crippen molar-refractivity contribution in [3.8, 4) is 11.8 Å². The highest BCUT2D eigenvalue weighted by Crippen LogP contribution is 2.21. The Labute approximate surface area is 137 Å². The summed E-state index contributed by atoms with van der Waals surface area (Å²) in [7, 11) is 0. The van der Waals surface area contributed by atoms with Crippen LogP contribution in [0.3, 0.4) is 0 Å². The highest BCUT2D eigenvalue weighted by molar-refractivity contribution is 9.10. The van der Waals surface area contributed by atoms with Crippen LogP contribution >= 0.6 is 15.9 Å². The van der Waals surface area contributed by atoms with Crippen LogP contribution < -0.4 is 10.1 Å². The zero-order chi connectivity index (χ0) is 16.1. The van der Waals surface area contributed by atoms with Crippen LogP contribution in [0.1, 0.15) is 18.1 Å². The lowest BCUT2D eigenvalue weighted by molar-refractivity contribution is -0.122. The van der Waals surface area contributed by atoms with E-state index in [1.807, 2.05) is 31.2 Å². The molecule has 22 heavy (non-hydrogen) atoms. The van der Waals surface area contributed by atoms with Crippen LogP contribution in [0, 0.1) is 18.3 Å². The first-order chi connectivity index (χ1) is 10.5. The number of benzene rings is 2. The number of anilines is 1. The van der Waals surface area contributed by atoms with Gasteiger partial charge in [0.2, 0.25) is 0 Å². The summed E-state index contributed by atoms with van der Waals surface area (Å²) >= 11 is 3.43. The Bertz CT molecular complexity index is 738. The van der Waals surface area contributed by atoms with Crippen molar-refractivity contribution in [3.63, 3.8) is 0 Å². The predicted molar refractivity (Wildman–Crippen MR) is 88.8 cm³/mol. The van der Waals surface area contributed by atoms with Gasteiger partial charge in [-0.05, 0) is 49.7 Å². The lowest BCUT2D eigenvalue weighted by Gasteiger charge is -2.15. The van der Waals surface area contributed by atoms with Crippen molar-refractivity contribution in [2.75, 3.05) is 5.32 Å². The fraction of sp³-hybridized carbons (Fsp3) is 0.176. The van der Waals surface area contributed by atoms with Crippen molar-refractivity contribution in [2.45, 2.75) is 20.0 Å². The molecule has 0 saturated heterocycles. The number of aryl methyl sites for hydroxylation is 1. The van der Waals surface area contributed by atoms with E-state index in [0.29, 0.717) is 17.0 Å². The zero-order valence-corrected chi connectivity index (χ0v) is 13.8. The molecule has 0 saturated carbocycles. The maximum Gasteiger partial charge on any atom is 0.265 e. The SMILES string of the molecule is Cc1ccc(NC(=O)C(C)Oc2cccc(C#N)c2)cc1Br. The minimum Gasteiger partial charge on any atom is -0.481 e. The molecule has 112 valence electrons. The van der Waals surface area contributed by atoms with Crippen molar-refractivity contribution in [3.05, 3.63) is 58.1 Å². The maximum atomic E-state index is 12.2. The molecule has 1 N–H and O–H groups in total. The van der Waals surface area contributed by atoms with Gasteiger partial charge in [-0.1, -0.05) is 28.1 Å². The summed E-state index contributed by atoms with van der Waals surface area (Å²) in [6, 6.07) is 14.4. The molecule has 0 radical (unpaired) electrons. The van der Waals surface area contributed by atoms with Gasteiger partial charge in [0, 0.05) is 10.2 Å². The van der Waals surface area contributed by atoms with Crippen LogP contribution in [-0.4, -0.2) is 12.0 Å². The van der Waals surface area contributed by atoms with E-state index in [-0.39, 0.29) is 5.91 Å². The van der Waals surface area contributed by atoms with Gasteiger partial charge in [-0.25, -0.2) is 0 Å². The molecule has 0 spiro atoms. The topological polar surface area (TPSA) is 62.1 Å². The Balaban J connectivity index is 2.02. The lowest BCUT2D eigenvalue weighted by atomic mass is 10.2. The summed E-state index contributed by atoms with van der Waals surface area (Å²) in [6.07, 6.45) is -0.672. The van der Waals surface area contributed by atoms with Crippen LogP contribution in [0.2, 0.25) is 0 Å². The van der Waals surface area contributed by atoms with Gasteiger partial charge in [-0.2, -0.15) is 5.26 Å². The highest BCUT2D eigenvalue weighted by Gasteiger charge is 2.15. The van der Waals surface area contributed by atoms with E-state index in [0.717, 1.165) is 10.0 Å². The largest absolute Gasteiger partial charge is 0.481 e. The lowest BCUT2D eigenvalue weighted by Crippen LogP contribution is -2.30. The molecule has 0 aliphatic rings. The number of hydrogen-bond acceptors (Lipinski definition) is 3. The quantitative estimate of drug-likeness (QED) is 0.896. The third-order valence-electron chi connectivity index (χ3n) is 3.08. The number of carbonyl (C=O) groups is 1. The Hall–Kier alpha value is -2.32. The third kappa shape index (κ3) is 4.09. The standard InChI is InChI=1S/C17H15BrN2O2/c1-11-6-7-14(9-16(11)18)20-17(21)12(2)22-15-5-3-4-13(8-15)10-19/h3-9,12H,1-2H3,(H,20,21). The number of nitrogens with one attached hydrogen (secondary N) is 1. The van der Waals surface area contributed by atoms with Crippen LogP contribution in [0.5, 0.6) is 5.75 Å². The van der Waals surface area contributed by atoms with Crippen molar-refractivity contribution < 1.29 is 9.53 Å². The van der Waals surface area contributed by atoms with Crippen molar-refractivity contribution in [2.24, 2.45) is 0 Å². The van der Waals surface area contributed by atoms with Gasteiger partial charge < -0.3 is 10.1 Å². The first kappa shape index (κ1) is 16.1. The fourth-order valence-electron chi connectivity index (χ4n) is 1.81. The van der Waals surface area contributed by atoms with Gasteiger partial charge in [0.25, 0.3) is 5.91 Å². The second-order valence-corrected chi connectivity index (χ2v) is 5.71. The Morgan fingerprint density at radius 3 is 2.77 bits per heavy atom. The Morgan fingerprint density at radius 1 is 1.32 bits per heavy atom. The molecule has 0 bridgehead atoms. The van der Waals surface area contributed by atoms with Crippen molar-refractivity contribution in [1.82, 2.24) is 0 Å². The molecule has 1 atom stereocenters. The molecule has 4 nitrogen and oxygen atoms in total. The molecule has 1 amide bonds.